The van der Waals surface area contributed by atoms with Gasteiger partial charge in [-0.3, -0.25) is 4.79 Å². The Kier molecular flexibility index (Phi) is 5.21. The van der Waals surface area contributed by atoms with Crippen LogP contribution in [0, 0.1) is 20.8 Å². The molecular weight excluding hydrogens is 352 g/mol. The summed E-state index contributed by atoms with van der Waals surface area (Å²) in [5, 5.41) is 7.35. The third-order valence-electron chi connectivity index (χ3n) is 4.15. The summed E-state index contributed by atoms with van der Waals surface area (Å²) in [5.74, 6) is -0.352. The molecule has 1 N–H and O–H groups in total. The lowest BCUT2D eigenvalue weighted by atomic mass is 10.2. The van der Waals surface area contributed by atoms with Crippen LogP contribution in [-0.2, 0) is 0 Å². The molecule has 1 amide bonds. The topological polar surface area (TPSA) is 56.2 Å². The maximum Gasteiger partial charge on any atom is 0.387 e. The highest BCUT2D eigenvalue weighted by atomic mass is 19.3. The van der Waals surface area contributed by atoms with Gasteiger partial charge in [0.2, 0.25) is 0 Å². The molecule has 1 heterocycles. The minimum atomic E-state index is -2.90. The first-order valence-corrected chi connectivity index (χ1v) is 8.34. The van der Waals surface area contributed by atoms with Crippen LogP contribution >= 0.6 is 0 Å². The smallest absolute Gasteiger partial charge is 0.387 e. The van der Waals surface area contributed by atoms with Crippen molar-refractivity contribution in [2.45, 2.75) is 27.4 Å². The molecule has 1 aromatic heterocycles. The van der Waals surface area contributed by atoms with Crippen molar-refractivity contribution >= 4 is 11.6 Å². The molecule has 0 saturated carbocycles. The predicted octanol–water partition coefficient (Wildman–Crippen LogP) is 4.65. The van der Waals surface area contributed by atoms with Gasteiger partial charge in [0.1, 0.15) is 5.75 Å². The van der Waals surface area contributed by atoms with Crippen LogP contribution in [0.4, 0.5) is 14.5 Å². The van der Waals surface area contributed by atoms with E-state index in [4.69, 9.17) is 0 Å². The Morgan fingerprint density at radius 1 is 1.04 bits per heavy atom. The predicted molar refractivity (Wildman–Crippen MR) is 98.8 cm³/mol. The number of carbonyl (C=O) groups excluding carboxylic acids is 1. The monoisotopic (exact) mass is 371 g/mol. The molecule has 0 saturated heterocycles. The average Bonchev–Trinajstić information content (AvgIpc) is 2.90. The number of benzene rings is 2. The first-order valence-electron chi connectivity index (χ1n) is 8.34. The summed E-state index contributed by atoms with van der Waals surface area (Å²) in [4.78, 5) is 12.5. The molecule has 3 aromatic rings. The summed E-state index contributed by atoms with van der Waals surface area (Å²) in [6.45, 7) is 2.79. The van der Waals surface area contributed by atoms with E-state index >= 15 is 0 Å². The number of anilines is 1. The largest absolute Gasteiger partial charge is 0.435 e. The summed E-state index contributed by atoms with van der Waals surface area (Å²) in [6, 6.07) is 13.4. The Labute approximate surface area is 155 Å². The van der Waals surface area contributed by atoms with Gasteiger partial charge in [-0.1, -0.05) is 17.7 Å². The van der Waals surface area contributed by atoms with Gasteiger partial charge in [0.05, 0.1) is 22.8 Å². The molecule has 0 atom stereocenters. The van der Waals surface area contributed by atoms with Crippen LogP contribution in [0.1, 0.15) is 27.3 Å². The van der Waals surface area contributed by atoms with Crippen LogP contribution in [0.3, 0.4) is 0 Å². The molecular formula is C20H19F2N3O2. The first kappa shape index (κ1) is 18.6. The lowest BCUT2D eigenvalue weighted by Crippen LogP contribution is -2.13. The van der Waals surface area contributed by atoms with Gasteiger partial charge in [-0.25, -0.2) is 4.68 Å². The second-order valence-electron chi connectivity index (χ2n) is 6.15. The molecule has 0 aliphatic heterocycles. The van der Waals surface area contributed by atoms with Crippen molar-refractivity contribution in [1.82, 2.24) is 9.78 Å². The zero-order chi connectivity index (χ0) is 19.6. The number of amides is 1. The SMILES string of the molecule is Cc1ccc(-n2nc(C)c(NC(=O)c3ccc(OC(F)F)cc3)c2C)cc1. The summed E-state index contributed by atoms with van der Waals surface area (Å²) >= 11 is 0. The van der Waals surface area contributed by atoms with Gasteiger partial charge in [0.25, 0.3) is 5.91 Å². The second-order valence-corrected chi connectivity index (χ2v) is 6.15. The number of aryl methyl sites for hydroxylation is 2. The molecule has 0 radical (unpaired) electrons. The van der Waals surface area contributed by atoms with Gasteiger partial charge in [-0.05, 0) is 57.2 Å². The highest BCUT2D eigenvalue weighted by Gasteiger charge is 2.16. The standard InChI is InChI=1S/C20H19F2N3O2/c1-12-4-8-16(9-5-12)25-14(3)18(13(2)24-25)23-19(26)15-6-10-17(11-7-15)27-20(21)22/h4-11,20H,1-3H3,(H,23,26). The molecule has 5 nitrogen and oxygen atoms in total. The second kappa shape index (κ2) is 7.57. The molecule has 0 bridgehead atoms. The number of hydrogen-bond donors (Lipinski definition) is 1. The van der Waals surface area contributed by atoms with E-state index in [-0.39, 0.29) is 11.7 Å². The lowest BCUT2D eigenvalue weighted by Gasteiger charge is -2.08. The highest BCUT2D eigenvalue weighted by Crippen LogP contribution is 2.24. The number of nitrogens with zero attached hydrogens (tertiary/aromatic N) is 2. The van der Waals surface area contributed by atoms with E-state index in [1.54, 1.807) is 4.68 Å². The van der Waals surface area contributed by atoms with Gasteiger partial charge in [0.15, 0.2) is 0 Å². The van der Waals surface area contributed by atoms with Crippen molar-refractivity contribution in [3.8, 4) is 11.4 Å². The van der Waals surface area contributed by atoms with Crippen LogP contribution < -0.4 is 10.1 Å². The van der Waals surface area contributed by atoms with Gasteiger partial charge >= 0.3 is 6.61 Å². The maximum absolute atomic E-state index is 12.5. The Morgan fingerprint density at radius 3 is 2.26 bits per heavy atom. The van der Waals surface area contributed by atoms with Crippen LogP contribution in [-0.4, -0.2) is 22.3 Å². The zero-order valence-corrected chi connectivity index (χ0v) is 15.2. The number of hydrogen-bond acceptors (Lipinski definition) is 3. The zero-order valence-electron chi connectivity index (χ0n) is 15.2. The molecule has 0 aliphatic rings. The van der Waals surface area contributed by atoms with Gasteiger partial charge in [-0.2, -0.15) is 13.9 Å². The van der Waals surface area contributed by atoms with Crippen LogP contribution in [0.25, 0.3) is 5.69 Å². The molecule has 27 heavy (non-hydrogen) atoms. The van der Waals surface area contributed by atoms with E-state index in [0.717, 1.165) is 16.9 Å². The summed E-state index contributed by atoms with van der Waals surface area (Å²) in [6.07, 6.45) is 0. The van der Waals surface area contributed by atoms with Crippen LogP contribution in [0.2, 0.25) is 0 Å². The van der Waals surface area contributed by atoms with Gasteiger partial charge in [0, 0.05) is 5.56 Å². The molecule has 3 rings (SSSR count). The van der Waals surface area contributed by atoms with Gasteiger partial charge < -0.3 is 10.1 Å². The summed E-state index contributed by atoms with van der Waals surface area (Å²) in [7, 11) is 0. The van der Waals surface area contributed by atoms with Crippen molar-refractivity contribution in [1.29, 1.82) is 0 Å². The van der Waals surface area contributed by atoms with Crippen molar-refractivity contribution in [2.75, 3.05) is 5.32 Å². The fraction of sp³-hybridized carbons (Fsp3) is 0.200. The van der Waals surface area contributed by atoms with Crippen LogP contribution in [0.15, 0.2) is 48.5 Å². The molecule has 0 fully saturated rings. The average molecular weight is 371 g/mol. The van der Waals surface area contributed by atoms with E-state index < -0.39 is 6.61 Å². The quantitative estimate of drug-likeness (QED) is 0.710. The van der Waals surface area contributed by atoms with E-state index in [1.165, 1.54) is 24.3 Å². The fourth-order valence-corrected chi connectivity index (χ4v) is 2.73. The number of rotatable bonds is 5. The summed E-state index contributed by atoms with van der Waals surface area (Å²) < 4.78 is 30.5. The number of aromatic nitrogens is 2. The van der Waals surface area contributed by atoms with E-state index in [2.05, 4.69) is 15.2 Å². The third-order valence-corrected chi connectivity index (χ3v) is 4.15. The Morgan fingerprint density at radius 2 is 1.67 bits per heavy atom. The van der Waals surface area contributed by atoms with Crippen molar-refractivity contribution in [2.24, 2.45) is 0 Å². The first-order chi connectivity index (χ1) is 12.8. The normalized spacial score (nSPS) is 10.9. The fourth-order valence-electron chi connectivity index (χ4n) is 2.73. The maximum atomic E-state index is 12.5. The van der Waals surface area contributed by atoms with Crippen molar-refractivity contribution < 1.29 is 18.3 Å². The van der Waals surface area contributed by atoms with Crippen molar-refractivity contribution in [3.63, 3.8) is 0 Å². The summed E-state index contributed by atoms with van der Waals surface area (Å²) in [5.41, 5.74) is 4.47. The number of carbonyl (C=O) groups is 1. The third kappa shape index (κ3) is 4.13. The minimum Gasteiger partial charge on any atom is -0.435 e. The molecule has 0 unspecified atom stereocenters. The highest BCUT2D eigenvalue weighted by molar-refractivity contribution is 6.05. The van der Waals surface area contributed by atoms with E-state index in [0.29, 0.717) is 16.9 Å². The van der Waals surface area contributed by atoms with Crippen LogP contribution in [0.5, 0.6) is 5.75 Å². The Hall–Kier alpha value is -3.22. The van der Waals surface area contributed by atoms with E-state index in [9.17, 15) is 13.6 Å². The Bertz CT molecular complexity index is 949. The lowest BCUT2D eigenvalue weighted by molar-refractivity contribution is -0.0498. The minimum absolute atomic E-state index is 0.00102. The molecule has 2 aromatic carbocycles. The number of ether oxygens (including phenoxy) is 1. The molecule has 0 aliphatic carbocycles. The van der Waals surface area contributed by atoms with E-state index in [1.807, 2.05) is 45.0 Å². The van der Waals surface area contributed by atoms with Gasteiger partial charge in [-0.15, -0.1) is 0 Å². The molecule has 7 heteroatoms. The number of alkyl halides is 2. The number of nitrogens with one attached hydrogen (secondary N) is 1. The Balaban J connectivity index is 1.81. The molecule has 0 spiro atoms. The number of halogens is 2. The van der Waals surface area contributed by atoms with Crippen molar-refractivity contribution in [3.05, 3.63) is 71.0 Å². The molecule has 140 valence electrons.